The number of ether oxygens (including phenoxy) is 1. The first-order valence-corrected chi connectivity index (χ1v) is 11.1. The van der Waals surface area contributed by atoms with Crippen molar-refractivity contribution in [1.29, 1.82) is 0 Å². The molecule has 0 bridgehead atoms. The van der Waals surface area contributed by atoms with Crippen molar-refractivity contribution in [1.82, 2.24) is 10.3 Å². The van der Waals surface area contributed by atoms with Crippen molar-refractivity contribution in [2.24, 2.45) is 11.1 Å². The van der Waals surface area contributed by atoms with Crippen molar-refractivity contribution in [3.8, 4) is 0 Å². The Labute approximate surface area is 170 Å². The molecule has 0 radical (unpaired) electrons. The van der Waals surface area contributed by atoms with Crippen LogP contribution in [0, 0.1) is 5.92 Å². The molecule has 29 heavy (non-hydrogen) atoms. The maximum absolute atomic E-state index is 12.0. The summed E-state index contributed by atoms with van der Waals surface area (Å²) >= 11 is 0. The molecule has 0 unspecified atom stereocenters. The predicted molar refractivity (Wildman–Crippen MR) is 102 cm³/mol. The number of nitrogens with zero attached hydrogens (tertiary/aromatic N) is 2. The highest BCUT2D eigenvalue weighted by molar-refractivity contribution is 7.89. The molecule has 1 aliphatic heterocycles. The second-order valence-corrected chi connectivity index (χ2v) is 8.63. The molecule has 1 aromatic rings. The van der Waals surface area contributed by atoms with Crippen molar-refractivity contribution in [3.05, 3.63) is 29.8 Å². The Morgan fingerprint density at radius 3 is 2.38 bits per heavy atom. The van der Waals surface area contributed by atoms with Gasteiger partial charge in [0.15, 0.2) is 0 Å². The molecule has 4 N–H and O–H groups in total. The van der Waals surface area contributed by atoms with E-state index in [1.807, 2.05) is 0 Å². The SMILES string of the molecule is NS(=O)(=O)c1ccc(C(=O)OCCCN2CCC(CCCON(O)O)CC2)cc1. The van der Waals surface area contributed by atoms with Crippen LogP contribution >= 0.6 is 0 Å². The molecule has 0 spiro atoms. The number of sulfonamides is 1. The van der Waals surface area contributed by atoms with Gasteiger partial charge < -0.3 is 9.64 Å². The molecule has 0 amide bonds. The Kier molecular flexibility index (Phi) is 9.43. The van der Waals surface area contributed by atoms with Crippen LogP contribution in [0.5, 0.6) is 0 Å². The fourth-order valence-corrected chi connectivity index (χ4v) is 3.85. The third kappa shape index (κ3) is 8.74. The van der Waals surface area contributed by atoms with Gasteiger partial charge in [-0.05, 0) is 75.4 Å². The van der Waals surface area contributed by atoms with Crippen LogP contribution in [-0.4, -0.2) is 67.9 Å². The number of esters is 1. The van der Waals surface area contributed by atoms with Gasteiger partial charge in [0.25, 0.3) is 0 Å². The van der Waals surface area contributed by atoms with Gasteiger partial charge in [0, 0.05) is 6.54 Å². The van der Waals surface area contributed by atoms with Crippen LogP contribution in [0.4, 0.5) is 0 Å². The van der Waals surface area contributed by atoms with E-state index in [4.69, 9.17) is 20.3 Å². The van der Waals surface area contributed by atoms with E-state index in [1.54, 1.807) is 0 Å². The van der Waals surface area contributed by atoms with Gasteiger partial charge in [0.2, 0.25) is 10.0 Å². The molecule has 1 fully saturated rings. The highest BCUT2D eigenvalue weighted by atomic mass is 32.2. The smallest absolute Gasteiger partial charge is 0.338 e. The summed E-state index contributed by atoms with van der Waals surface area (Å²) in [6.45, 7) is 3.40. The van der Waals surface area contributed by atoms with Crippen LogP contribution in [0.2, 0.25) is 0 Å². The third-order valence-electron chi connectivity index (χ3n) is 4.94. The van der Waals surface area contributed by atoms with Gasteiger partial charge in [-0.15, -0.1) is 0 Å². The molecule has 1 aliphatic rings. The normalized spacial score (nSPS) is 16.3. The maximum atomic E-state index is 12.0. The van der Waals surface area contributed by atoms with Gasteiger partial charge in [-0.2, -0.15) is 0 Å². The van der Waals surface area contributed by atoms with E-state index in [9.17, 15) is 13.2 Å². The predicted octanol–water partition coefficient (Wildman–Crippen LogP) is 1.39. The second kappa shape index (κ2) is 11.6. The summed E-state index contributed by atoms with van der Waals surface area (Å²) in [5.41, 5.74) is 0.285. The van der Waals surface area contributed by atoms with E-state index in [-0.39, 0.29) is 22.5 Å². The first kappa shape index (κ1) is 23.7. The Hall–Kier alpha value is -1.60. The molecule has 1 aromatic carbocycles. The lowest BCUT2D eigenvalue weighted by Gasteiger charge is -2.31. The number of hydrogen-bond acceptors (Lipinski definition) is 9. The van der Waals surface area contributed by atoms with Gasteiger partial charge in [0.1, 0.15) is 0 Å². The quantitative estimate of drug-likeness (QED) is 0.269. The van der Waals surface area contributed by atoms with Crippen molar-refractivity contribution in [2.75, 3.05) is 32.8 Å². The average molecular weight is 432 g/mol. The summed E-state index contributed by atoms with van der Waals surface area (Å²) < 4.78 is 27.7. The summed E-state index contributed by atoms with van der Waals surface area (Å²) in [5.74, 6) is 0.120. The van der Waals surface area contributed by atoms with Gasteiger partial charge in [-0.1, -0.05) is 0 Å². The highest BCUT2D eigenvalue weighted by Gasteiger charge is 2.19. The molecule has 164 valence electrons. The van der Waals surface area contributed by atoms with Gasteiger partial charge in [-0.3, -0.25) is 15.3 Å². The van der Waals surface area contributed by atoms with Crippen molar-refractivity contribution >= 4 is 16.0 Å². The summed E-state index contributed by atoms with van der Waals surface area (Å²) in [4.78, 5) is 18.8. The summed E-state index contributed by atoms with van der Waals surface area (Å²) in [5, 5.41) is 21.7. The molecule has 11 heteroatoms. The molecule has 0 saturated carbocycles. The summed E-state index contributed by atoms with van der Waals surface area (Å²) in [6, 6.07) is 5.34. The van der Waals surface area contributed by atoms with E-state index in [2.05, 4.69) is 9.74 Å². The van der Waals surface area contributed by atoms with Gasteiger partial charge in [-0.25, -0.2) is 18.4 Å². The number of nitrogens with two attached hydrogens (primary N) is 1. The van der Waals surface area contributed by atoms with Crippen molar-refractivity contribution in [3.63, 3.8) is 0 Å². The number of benzene rings is 1. The maximum Gasteiger partial charge on any atom is 0.338 e. The lowest BCUT2D eigenvalue weighted by atomic mass is 9.92. The first-order chi connectivity index (χ1) is 13.8. The zero-order valence-corrected chi connectivity index (χ0v) is 17.1. The molecule has 0 atom stereocenters. The van der Waals surface area contributed by atoms with Crippen LogP contribution in [0.3, 0.4) is 0 Å². The Bertz CT molecular complexity index is 732. The number of piperidine rings is 1. The monoisotopic (exact) mass is 431 g/mol. The highest BCUT2D eigenvalue weighted by Crippen LogP contribution is 2.22. The number of likely N-dealkylation sites (tertiary alicyclic amines) is 1. The number of carbonyl (C=O) groups is 1. The Balaban J connectivity index is 1.58. The molecule has 10 nitrogen and oxygen atoms in total. The lowest BCUT2D eigenvalue weighted by molar-refractivity contribution is -0.492. The minimum atomic E-state index is -3.78. The molecular formula is C18H29N3O7S. The van der Waals surface area contributed by atoms with E-state index < -0.39 is 16.0 Å². The van der Waals surface area contributed by atoms with Gasteiger partial charge >= 0.3 is 5.97 Å². The number of carbonyl (C=O) groups excluding carboxylic acids is 1. The largest absolute Gasteiger partial charge is 0.462 e. The number of hydrogen-bond donors (Lipinski definition) is 3. The topological polar surface area (TPSA) is 143 Å². The molecule has 2 rings (SSSR count). The Morgan fingerprint density at radius 1 is 1.14 bits per heavy atom. The zero-order valence-electron chi connectivity index (χ0n) is 16.3. The molecule has 1 saturated heterocycles. The van der Waals surface area contributed by atoms with E-state index in [0.29, 0.717) is 12.5 Å². The molecule has 1 heterocycles. The van der Waals surface area contributed by atoms with Crippen molar-refractivity contribution in [2.45, 2.75) is 37.0 Å². The van der Waals surface area contributed by atoms with Crippen LogP contribution in [0.15, 0.2) is 29.2 Å². The second-order valence-electron chi connectivity index (χ2n) is 7.07. The standard InChI is InChI=1S/C18H29N3O7S/c19-29(25,26)17-6-4-16(5-7-17)18(22)27-13-2-10-20-11-8-15(9-12-20)3-1-14-28-21(23)24/h4-7,15,23-24H,1-3,8-14H2,(H2,19,25,26). The zero-order chi connectivity index (χ0) is 21.3. The first-order valence-electron chi connectivity index (χ1n) is 9.59. The van der Waals surface area contributed by atoms with Crippen LogP contribution < -0.4 is 5.14 Å². The Morgan fingerprint density at radius 2 is 1.79 bits per heavy atom. The minimum absolute atomic E-state index is 0.0475. The van der Waals surface area contributed by atoms with Crippen molar-refractivity contribution < 1.29 is 33.2 Å². The van der Waals surface area contributed by atoms with E-state index in [0.717, 1.165) is 51.7 Å². The van der Waals surface area contributed by atoms with Crippen LogP contribution in [-0.2, 0) is 19.6 Å². The summed E-state index contributed by atoms with van der Waals surface area (Å²) in [6.07, 6.45) is 4.65. The van der Waals surface area contributed by atoms with Crippen LogP contribution in [0.1, 0.15) is 42.5 Å². The third-order valence-corrected chi connectivity index (χ3v) is 5.87. The molecule has 0 aromatic heterocycles. The summed E-state index contributed by atoms with van der Waals surface area (Å²) in [7, 11) is -3.78. The molecular weight excluding hydrogens is 402 g/mol. The fraction of sp³-hybridized carbons (Fsp3) is 0.611. The fourth-order valence-electron chi connectivity index (χ4n) is 3.33. The number of primary sulfonamides is 1. The minimum Gasteiger partial charge on any atom is -0.462 e. The lowest BCUT2D eigenvalue weighted by Crippen LogP contribution is -2.35. The van der Waals surface area contributed by atoms with E-state index >= 15 is 0 Å². The van der Waals surface area contributed by atoms with E-state index in [1.165, 1.54) is 24.3 Å². The number of rotatable bonds is 11. The van der Waals surface area contributed by atoms with Gasteiger partial charge in [0.05, 0.1) is 29.1 Å². The average Bonchev–Trinajstić information content (AvgIpc) is 2.68. The molecule has 0 aliphatic carbocycles. The van der Waals surface area contributed by atoms with Crippen LogP contribution in [0.25, 0.3) is 0 Å².